The number of ether oxygens (including phenoxy) is 2. The number of carbonyl (C=O) groups excluding carboxylic acids is 3. The molecule has 2 N–H and O–H groups in total. The van der Waals surface area contributed by atoms with Crippen molar-refractivity contribution in [1.29, 1.82) is 0 Å². The molecule has 0 aliphatic rings. The molecule has 1 unspecified atom stereocenters. The predicted molar refractivity (Wildman–Crippen MR) is 92.8 cm³/mol. The number of carbonyl (C=O) groups is 3. The first kappa shape index (κ1) is 18.5. The Bertz CT molecular complexity index is 809. The van der Waals surface area contributed by atoms with Crippen LogP contribution in [-0.2, 0) is 20.7 Å². The summed E-state index contributed by atoms with van der Waals surface area (Å²) in [6, 6.07) is 3.40. The maximum absolute atomic E-state index is 12.3. The molecule has 0 saturated carbocycles. The van der Waals surface area contributed by atoms with Gasteiger partial charge in [-0.3, -0.25) is 9.59 Å². The lowest BCUT2D eigenvalue weighted by Crippen LogP contribution is -2.22. The van der Waals surface area contributed by atoms with Gasteiger partial charge in [-0.1, -0.05) is 0 Å². The second kappa shape index (κ2) is 7.83. The third kappa shape index (κ3) is 4.37. The average molecular weight is 346 g/mol. The Labute approximate surface area is 145 Å². The number of hydrogen-bond donors (Lipinski definition) is 2. The number of aromatic nitrogens is 1. The maximum Gasteiger partial charge on any atom is 0.342 e. The van der Waals surface area contributed by atoms with Gasteiger partial charge in [0.2, 0.25) is 5.91 Å². The molecule has 1 atom stereocenters. The molecular weight excluding hydrogens is 324 g/mol. The van der Waals surface area contributed by atoms with E-state index in [0.717, 1.165) is 16.5 Å². The Morgan fingerprint density at radius 2 is 1.96 bits per heavy atom. The fraction of sp³-hybridized carbons (Fsp3) is 0.389. The van der Waals surface area contributed by atoms with Gasteiger partial charge in [-0.25, -0.2) is 4.79 Å². The van der Waals surface area contributed by atoms with E-state index in [4.69, 9.17) is 9.47 Å². The normalized spacial score (nSPS) is 11.8. The van der Waals surface area contributed by atoms with E-state index in [1.807, 2.05) is 6.20 Å². The van der Waals surface area contributed by atoms with Crippen LogP contribution in [0.1, 0.15) is 36.7 Å². The van der Waals surface area contributed by atoms with E-state index >= 15 is 0 Å². The average Bonchev–Trinajstić information content (AvgIpc) is 2.95. The van der Waals surface area contributed by atoms with E-state index < -0.39 is 12.1 Å². The summed E-state index contributed by atoms with van der Waals surface area (Å²) < 4.78 is 10.5. The van der Waals surface area contributed by atoms with Gasteiger partial charge in [0.15, 0.2) is 11.9 Å². The quantitative estimate of drug-likeness (QED) is 0.747. The third-order valence-electron chi connectivity index (χ3n) is 3.93. The van der Waals surface area contributed by atoms with Crippen LogP contribution in [0.2, 0.25) is 0 Å². The molecule has 25 heavy (non-hydrogen) atoms. The van der Waals surface area contributed by atoms with E-state index in [9.17, 15) is 14.4 Å². The zero-order chi connectivity index (χ0) is 18.6. The molecular formula is C18H22N2O5. The summed E-state index contributed by atoms with van der Waals surface area (Å²) in [5, 5.41) is 3.65. The van der Waals surface area contributed by atoms with Crippen LogP contribution in [0.25, 0.3) is 10.9 Å². The second-order valence-electron chi connectivity index (χ2n) is 5.80. The molecule has 134 valence electrons. The fourth-order valence-electron chi connectivity index (χ4n) is 2.42. The van der Waals surface area contributed by atoms with Crippen LogP contribution in [-0.4, -0.2) is 42.4 Å². The number of amides is 1. The monoisotopic (exact) mass is 346 g/mol. The number of Topliss-reactive ketones (excluding diaryl/α,β-unsaturated/α-hetero) is 1. The molecule has 0 bridgehead atoms. The first-order valence-corrected chi connectivity index (χ1v) is 7.97. The molecule has 0 aliphatic carbocycles. The number of nitrogens with one attached hydrogen (secondary N) is 2. The summed E-state index contributed by atoms with van der Waals surface area (Å²) in [7, 11) is 1.47. The van der Waals surface area contributed by atoms with E-state index in [0.29, 0.717) is 18.7 Å². The number of fused-ring (bicyclic) bond motifs is 1. The highest BCUT2D eigenvalue weighted by Gasteiger charge is 2.20. The predicted octanol–water partition coefficient (Wildman–Crippen LogP) is 1.99. The Kier molecular flexibility index (Phi) is 5.80. The van der Waals surface area contributed by atoms with E-state index in [-0.39, 0.29) is 17.3 Å². The van der Waals surface area contributed by atoms with Crippen molar-refractivity contribution in [3.05, 3.63) is 29.5 Å². The van der Waals surface area contributed by atoms with Crippen molar-refractivity contribution < 1.29 is 23.9 Å². The molecule has 1 aromatic carbocycles. The number of rotatable bonds is 7. The zero-order valence-electron chi connectivity index (χ0n) is 14.8. The smallest absolute Gasteiger partial charge is 0.342 e. The molecule has 7 heteroatoms. The van der Waals surface area contributed by atoms with Gasteiger partial charge >= 0.3 is 5.97 Å². The third-order valence-corrected chi connectivity index (χ3v) is 3.93. The minimum Gasteiger partial charge on any atom is -0.496 e. The Morgan fingerprint density at radius 3 is 2.56 bits per heavy atom. The van der Waals surface area contributed by atoms with Gasteiger partial charge in [0.25, 0.3) is 0 Å². The van der Waals surface area contributed by atoms with Crippen molar-refractivity contribution >= 4 is 28.6 Å². The van der Waals surface area contributed by atoms with Crippen LogP contribution in [0.15, 0.2) is 18.3 Å². The summed E-state index contributed by atoms with van der Waals surface area (Å²) >= 11 is 0. The summed E-state index contributed by atoms with van der Waals surface area (Å²) in [6.45, 7) is 4.88. The lowest BCUT2D eigenvalue weighted by atomic mass is 10.1. The van der Waals surface area contributed by atoms with Crippen LogP contribution < -0.4 is 10.1 Å². The van der Waals surface area contributed by atoms with Gasteiger partial charge in [-0.05, 0) is 38.0 Å². The second-order valence-corrected chi connectivity index (χ2v) is 5.80. The van der Waals surface area contributed by atoms with Crippen LogP contribution in [0.4, 0.5) is 0 Å². The molecule has 2 rings (SSSR count). The van der Waals surface area contributed by atoms with Gasteiger partial charge < -0.3 is 19.8 Å². The minimum absolute atomic E-state index is 0.0814. The van der Waals surface area contributed by atoms with Crippen LogP contribution >= 0.6 is 0 Å². The molecule has 1 amide bonds. The lowest BCUT2D eigenvalue weighted by Gasteiger charge is -2.13. The Morgan fingerprint density at radius 1 is 1.24 bits per heavy atom. The summed E-state index contributed by atoms with van der Waals surface area (Å²) in [5.74, 6) is -0.556. The van der Waals surface area contributed by atoms with E-state index in [1.54, 1.807) is 12.1 Å². The highest BCUT2D eigenvalue weighted by molar-refractivity contribution is 5.99. The Balaban J connectivity index is 2.29. The number of ketones is 1. The highest BCUT2D eigenvalue weighted by Crippen LogP contribution is 2.29. The standard InChI is InChI=1S/C18H22N2O5/c1-10(21)11(2)25-18(23)15-7-16-14(8-17(15)24-4)13(9-20-16)5-6-19-12(3)22/h7-9,11,20H,5-6H2,1-4H3,(H,19,22). The molecule has 0 saturated heterocycles. The molecule has 2 aromatic rings. The molecule has 0 fully saturated rings. The number of aromatic amines is 1. The zero-order valence-corrected chi connectivity index (χ0v) is 14.8. The van der Waals surface area contributed by atoms with Crippen molar-refractivity contribution in [2.45, 2.75) is 33.3 Å². The Hall–Kier alpha value is -2.83. The van der Waals surface area contributed by atoms with Crippen LogP contribution in [0.5, 0.6) is 5.75 Å². The van der Waals surface area contributed by atoms with Crippen molar-refractivity contribution in [2.24, 2.45) is 0 Å². The van der Waals surface area contributed by atoms with Gasteiger partial charge in [0.1, 0.15) is 11.3 Å². The maximum atomic E-state index is 12.3. The van der Waals surface area contributed by atoms with Gasteiger partial charge in [-0.15, -0.1) is 0 Å². The minimum atomic E-state index is -0.815. The largest absolute Gasteiger partial charge is 0.496 e. The van der Waals surface area contributed by atoms with Crippen LogP contribution in [0.3, 0.4) is 0 Å². The molecule has 1 heterocycles. The van der Waals surface area contributed by atoms with Crippen molar-refractivity contribution in [2.75, 3.05) is 13.7 Å². The number of methoxy groups -OCH3 is 1. The lowest BCUT2D eigenvalue weighted by molar-refractivity contribution is -0.124. The SMILES string of the molecule is COc1cc2c(CCNC(C)=O)c[nH]c2cc1C(=O)OC(C)C(C)=O. The number of benzene rings is 1. The van der Waals surface area contributed by atoms with Gasteiger partial charge in [0, 0.05) is 30.6 Å². The molecule has 7 nitrogen and oxygen atoms in total. The van der Waals surface area contributed by atoms with Gasteiger partial charge in [0.05, 0.1) is 7.11 Å². The number of H-pyrrole nitrogens is 1. The first-order valence-electron chi connectivity index (χ1n) is 7.97. The van der Waals surface area contributed by atoms with Crippen molar-refractivity contribution in [3.8, 4) is 5.75 Å². The van der Waals surface area contributed by atoms with Crippen molar-refractivity contribution in [3.63, 3.8) is 0 Å². The first-order chi connectivity index (χ1) is 11.8. The fourth-order valence-corrected chi connectivity index (χ4v) is 2.42. The highest BCUT2D eigenvalue weighted by atomic mass is 16.5. The van der Waals surface area contributed by atoms with Crippen molar-refractivity contribution in [1.82, 2.24) is 10.3 Å². The molecule has 1 aromatic heterocycles. The van der Waals surface area contributed by atoms with Gasteiger partial charge in [-0.2, -0.15) is 0 Å². The molecule has 0 aliphatic heterocycles. The summed E-state index contributed by atoms with van der Waals surface area (Å²) in [5.41, 5.74) is 2.00. The van der Waals surface area contributed by atoms with E-state index in [2.05, 4.69) is 10.3 Å². The topological polar surface area (TPSA) is 97.5 Å². The number of esters is 1. The summed E-state index contributed by atoms with van der Waals surface area (Å²) in [4.78, 5) is 37.7. The molecule has 0 spiro atoms. The van der Waals surface area contributed by atoms with Crippen LogP contribution in [0, 0.1) is 0 Å². The summed E-state index contributed by atoms with van der Waals surface area (Å²) in [6.07, 6.45) is 1.66. The van der Waals surface area contributed by atoms with E-state index in [1.165, 1.54) is 27.9 Å². The number of hydrogen-bond acceptors (Lipinski definition) is 5. The molecule has 0 radical (unpaired) electrons.